The van der Waals surface area contributed by atoms with Crippen LogP contribution in [-0.2, 0) is 10.2 Å². The highest BCUT2D eigenvalue weighted by Crippen LogP contribution is 2.32. The molecule has 2 rings (SSSR count). The molecular weight excluding hydrogens is 228 g/mol. The van der Waals surface area contributed by atoms with E-state index in [2.05, 4.69) is 0 Å². The molecule has 2 aliphatic heterocycles. The van der Waals surface area contributed by atoms with Crippen molar-refractivity contribution in [1.82, 2.24) is 8.61 Å². The molecule has 1 N–H and O–H groups in total. The second-order valence-electron chi connectivity index (χ2n) is 5.14. The van der Waals surface area contributed by atoms with E-state index < -0.39 is 15.8 Å². The predicted molar refractivity (Wildman–Crippen MR) is 61.1 cm³/mol. The molecule has 0 spiro atoms. The van der Waals surface area contributed by atoms with E-state index >= 15 is 0 Å². The summed E-state index contributed by atoms with van der Waals surface area (Å²) in [5.41, 5.74) is -0.827. The smallest absolute Gasteiger partial charge is 0.282 e. The molecule has 2 heterocycles. The minimum absolute atomic E-state index is 0.0949. The van der Waals surface area contributed by atoms with Crippen LogP contribution in [0, 0.1) is 5.92 Å². The van der Waals surface area contributed by atoms with Gasteiger partial charge in [-0.25, -0.2) is 0 Å². The number of rotatable bonds is 3. The average Bonchev–Trinajstić information content (AvgIpc) is 2.65. The van der Waals surface area contributed by atoms with E-state index in [1.807, 2.05) is 13.8 Å². The van der Waals surface area contributed by atoms with E-state index in [1.165, 1.54) is 8.61 Å². The number of β-amino-alcohol motifs (C(OH)–C–C–N with tert-alkyl or cyclic N) is 1. The van der Waals surface area contributed by atoms with Crippen molar-refractivity contribution in [3.63, 3.8) is 0 Å². The van der Waals surface area contributed by atoms with E-state index in [4.69, 9.17) is 0 Å². The van der Waals surface area contributed by atoms with Crippen LogP contribution in [0.4, 0.5) is 0 Å². The van der Waals surface area contributed by atoms with Gasteiger partial charge in [-0.15, -0.1) is 0 Å². The zero-order valence-electron chi connectivity index (χ0n) is 9.89. The first-order chi connectivity index (χ1) is 7.36. The Balaban J connectivity index is 2.01. The maximum atomic E-state index is 12.1. The topological polar surface area (TPSA) is 60.9 Å². The Labute approximate surface area is 97.2 Å². The van der Waals surface area contributed by atoms with Crippen LogP contribution in [0.25, 0.3) is 0 Å². The molecule has 16 heavy (non-hydrogen) atoms. The number of nitrogens with zero attached hydrogens (tertiary/aromatic N) is 2. The Bertz CT molecular complexity index is 354. The molecule has 5 nitrogen and oxygen atoms in total. The molecule has 0 aromatic carbocycles. The van der Waals surface area contributed by atoms with Gasteiger partial charge in [0.05, 0.1) is 5.60 Å². The van der Waals surface area contributed by atoms with Crippen LogP contribution in [0.2, 0.25) is 0 Å². The first kappa shape index (κ1) is 12.3. The van der Waals surface area contributed by atoms with E-state index in [0.717, 1.165) is 12.8 Å². The summed E-state index contributed by atoms with van der Waals surface area (Å²) < 4.78 is 27.0. The minimum Gasteiger partial charge on any atom is -0.387 e. The predicted octanol–water partition coefficient (Wildman–Crippen LogP) is 0.0297. The molecule has 2 aliphatic rings. The highest BCUT2D eigenvalue weighted by atomic mass is 32.2. The molecule has 0 radical (unpaired) electrons. The largest absolute Gasteiger partial charge is 0.387 e. The maximum Gasteiger partial charge on any atom is 0.282 e. The molecule has 0 aromatic rings. The lowest BCUT2D eigenvalue weighted by Crippen LogP contribution is -2.67. The molecule has 0 atom stereocenters. The SMILES string of the molecule is CC(C)C1(O)CN(S(=O)(=O)N2CCCC2)C1. The van der Waals surface area contributed by atoms with E-state index in [0.29, 0.717) is 13.1 Å². The van der Waals surface area contributed by atoms with Gasteiger partial charge in [0.2, 0.25) is 0 Å². The molecule has 2 saturated heterocycles. The van der Waals surface area contributed by atoms with Gasteiger partial charge in [-0.05, 0) is 18.8 Å². The summed E-state index contributed by atoms with van der Waals surface area (Å²) in [6.45, 7) is 5.56. The standard InChI is InChI=1S/C10H20N2O3S/c1-9(2)10(13)7-12(8-10)16(14,15)11-5-3-4-6-11/h9,13H,3-8H2,1-2H3. The third-order valence-electron chi connectivity index (χ3n) is 3.69. The Kier molecular flexibility index (Phi) is 3.03. The summed E-state index contributed by atoms with van der Waals surface area (Å²) in [7, 11) is -3.30. The van der Waals surface area contributed by atoms with Crippen molar-refractivity contribution in [3.8, 4) is 0 Å². The quantitative estimate of drug-likeness (QED) is 0.766. The van der Waals surface area contributed by atoms with Crippen LogP contribution in [0.3, 0.4) is 0 Å². The van der Waals surface area contributed by atoms with Gasteiger partial charge in [-0.3, -0.25) is 0 Å². The minimum atomic E-state index is -3.30. The third kappa shape index (κ3) is 1.88. The molecule has 2 fully saturated rings. The lowest BCUT2D eigenvalue weighted by molar-refractivity contribution is -0.0948. The van der Waals surface area contributed by atoms with Gasteiger partial charge in [0.15, 0.2) is 0 Å². The zero-order chi connectivity index (χ0) is 12.0. The first-order valence-corrected chi connectivity index (χ1v) is 7.23. The van der Waals surface area contributed by atoms with Gasteiger partial charge in [-0.2, -0.15) is 17.0 Å². The van der Waals surface area contributed by atoms with Crippen molar-refractivity contribution in [1.29, 1.82) is 0 Å². The van der Waals surface area contributed by atoms with Crippen molar-refractivity contribution in [3.05, 3.63) is 0 Å². The van der Waals surface area contributed by atoms with Gasteiger partial charge in [0.1, 0.15) is 0 Å². The second kappa shape index (κ2) is 3.94. The molecular formula is C10H20N2O3S. The summed E-state index contributed by atoms with van der Waals surface area (Å²) in [4.78, 5) is 0. The summed E-state index contributed by atoms with van der Waals surface area (Å²) in [5, 5.41) is 10.0. The summed E-state index contributed by atoms with van der Waals surface area (Å²) >= 11 is 0. The normalized spacial score (nSPS) is 27.2. The highest BCUT2D eigenvalue weighted by molar-refractivity contribution is 7.86. The third-order valence-corrected chi connectivity index (χ3v) is 5.62. The van der Waals surface area contributed by atoms with E-state index in [1.54, 1.807) is 0 Å². The van der Waals surface area contributed by atoms with E-state index in [9.17, 15) is 13.5 Å². The molecule has 0 aliphatic carbocycles. The Morgan fingerprint density at radius 1 is 1.12 bits per heavy atom. The summed E-state index contributed by atoms with van der Waals surface area (Å²) in [6.07, 6.45) is 1.89. The second-order valence-corrected chi connectivity index (χ2v) is 7.07. The van der Waals surface area contributed by atoms with Crippen molar-refractivity contribution < 1.29 is 13.5 Å². The van der Waals surface area contributed by atoms with Crippen LogP contribution in [-0.4, -0.2) is 53.9 Å². The van der Waals surface area contributed by atoms with Gasteiger partial charge >= 0.3 is 0 Å². The van der Waals surface area contributed by atoms with Crippen LogP contribution in [0.15, 0.2) is 0 Å². The van der Waals surface area contributed by atoms with Gasteiger partial charge in [0, 0.05) is 26.2 Å². The lowest BCUT2D eigenvalue weighted by Gasteiger charge is -2.48. The van der Waals surface area contributed by atoms with Crippen molar-refractivity contribution >= 4 is 10.2 Å². The van der Waals surface area contributed by atoms with Gasteiger partial charge < -0.3 is 5.11 Å². The first-order valence-electron chi connectivity index (χ1n) is 5.84. The fraction of sp³-hybridized carbons (Fsp3) is 1.00. The van der Waals surface area contributed by atoms with Crippen molar-refractivity contribution in [2.24, 2.45) is 5.92 Å². The Morgan fingerprint density at radius 3 is 2.06 bits per heavy atom. The van der Waals surface area contributed by atoms with E-state index in [-0.39, 0.29) is 19.0 Å². The number of hydrogen-bond donors (Lipinski definition) is 1. The van der Waals surface area contributed by atoms with Crippen molar-refractivity contribution in [2.75, 3.05) is 26.2 Å². The van der Waals surface area contributed by atoms with Crippen molar-refractivity contribution in [2.45, 2.75) is 32.3 Å². The molecule has 0 amide bonds. The fourth-order valence-electron chi connectivity index (χ4n) is 2.17. The summed E-state index contributed by atoms with van der Waals surface area (Å²) in [5.74, 6) is 0.0949. The van der Waals surface area contributed by atoms with Crippen LogP contribution in [0.5, 0.6) is 0 Å². The molecule has 6 heteroatoms. The Morgan fingerprint density at radius 2 is 1.62 bits per heavy atom. The zero-order valence-corrected chi connectivity index (χ0v) is 10.7. The van der Waals surface area contributed by atoms with Gasteiger partial charge in [0.25, 0.3) is 10.2 Å². The highest BCUT2D eigenvalue weighted by Gasteiger charge is 2.50. The summed E-state index contributed by atoms with van der Waals surface area (Å²) in [6, 6.07) is 0. The van der Waals surface area contributed by atoms with Gasteiger partial charge in [-0.1, -0.05) is 13.8 Å². The fourth-order valence-corrected chi connectivity index (χ4v) is 3.99. The van der Waals surface area contributed by atoms with Crippen LogP contribution >= 0.6 is 0 Å². The number of aliphatic hydroxyl groups is 1. The number of hydrogen-bond acceptors (Lipinski definition) is 3. The molecule has 0 bridgehead atoms. The molecule has 0 saturated carbocycles. The average molecular weight is 248 g/mol. The molecule has 94 valence electrons. The molecule has 0 aromatic heterocycles. The maximum absolute atomic E-state index is 12.1. The monoisotopic (exact) mass is 248 g/mol. The van der Waals surface area contributed by atoms with Crippen LogP contribution in [0.1, 0.15) is 26.7 Å². The lowest BCUT2D eigenvalue weighted by atomic mass is 9.85. The molecule has 0 unspecified atom stereocenters. The Hall–Kier alpha value is -0.170. The van der Waals surface area contributed by atoms with Crippen LogP contribution < -0.4 is 0 Å².